The Labute approximate surface area is 89.7 Å². The fourth-order valence-electron chi connectivity index (χ4n) is 1.54. The van der Waals surface area contributed by atoms with Crippen molar-refractivity contribution in [1.29, 1.82) is 0 Å². The van der Waals surface area contributed by atoms with Crippen LogP contribution in [0.3, 0.4) is 0 Å². The van der Waals surface area contributed by atoms with E-state index in [1.165, 1.54) is 0 Å². The molecule has 2 N–H and O–H groups in total. The molecule has 0 spiro atoms. The Morgan fingerprint density at radius 1 is 1.13 bits per heavy atom. The zero-order chi connectivity index (χ0) is 11.8. The molecule has 0 aromatic rings. The zero-order valence-corrected chi connectivity index (χ0v) is 9.27. The van der Waals surface area contributed by atoms with E-state index in [9.17, 15) is 9.59 Å². The van der Waals surface area contributed by atoms with Gasteiger partial charge in [-0.1, -0.05) is 13.8 Å². The summed E-state index contributed by atoms with van der Waals surface area (Å²) in [7, 11) is 0. The lowest BCUT2D eigenvalue weighted by molar-refractivity contribution is -0.149. The molecule has 0 aliphatic carbocycles. The van der Waals surface area contributed by atoms with Crippen LogP contribution >= 0.6 is 0 Å². The van der Waals surface area contributed by atoms with Crippen molar-refractivity contribution in [2.24, 2.45) is 0 Å². The maximum absolute atomic E-state index is 10.9. The van der Waals surface area contributed by atoms with Crippen molar-refractivity contribution in [2.45, 2.75) is 39.2 Å². The first-order valence-corrected chi connectivity index (χ1v) is 5.21. The SMILES string of the molecule is CCCN(CCC)C(CC(=O)O)C(=O)O. The van der Waals surface area contributed by atoms with Crippen molar-refractivity contribution in [3.63, 3.8) is 0 Å². The third-order valence-electron chi connectivity index (χ3n) is 2.12. The first-order valence-electron chi connectivity index (χ1n) is 5.21. The summed E-state index contributed by atoms with van der Waals surface area (Å²) in [5.74, 6) is -2.13. The van der Waals surface area contributed by atoms with Gasteiger partial charge in [0, 0.05) is 0 Å². The van der Waals surface area contributed by atoms with Crippen LogP contribution in [0.15, 0.2) is 0 Å². The molecule has 5 nitrogen and oxygen atoms in total. The fourth-order valence-corrected chi connectivity index (χ4v) is 1.54. The zero-order valence-electron chi connectivity index (χ0n) is 9.27. The minimum atomic E-state index is -1.07. The van der Waals surface area contributed by atoms with Crippen LogP contribution < -0.4 is 0 Å². The van der Waals surface area contributed by atoms with E-state index in [4.69, 9.17) is 10.2 Å². The topological polar surface area (TPSA) is 77.8 Å². The van der Waals surface area contributed by atoms with Gasteiger partial charge in [0.25, 0.3) is 0 Å². The Kier molecular flexibility index (Phi) is 6.70. The predicted octanol–water partition coefficient (Wildman–Crippen LogP) is 1.04. The highest BCUT2D eigenvalue weighted by atomic mass is 16.4. The van der Waals surface area contributed by atoms with Gasteiger partial charge in [0.15, 0.2) is 0 Å². The Morgan fingerprint density at radius 3 is 1.87 bits per heavy atom. The van der Waals surface area contributed by atoms with E-state index < -0.39 is 18.0 Å². The number of hydrogen-bond acceptors (Lipinski definition) is 3. The Hall–Kier alpha value is -1.10. The van der Waals surface area contributed by atoms with E-state index in [0.717, 1.165) is 12.8 Å². The van der Waals surface area contributed by atoms with Crippen LogP contribution in [0.5, 0.6) is 0 Å². The number of carboxylic acid groups (broad SMARTS) is 2. The molecule has 1 atom stereocenters. The molecular formula is C10H19NO4. The third kappa shape index (κ3) is 5.37. The molecule has 0 fully saturated rings. The van der Waals surface area contributed by atoms with Crippen molar-refractivity contribution in [3.8, 4) is 0 Å². The molecule has 0 aliphatic rings. The lowest BCUT2D eigenvalue weighted by Crippen LogP contribution is -2.43. The summed E-state index contributed by atoms with van der Waals surface area (Å²) in [6, 6.07) is -0.901. The molecule has 0 aromatic carbocycles. The molecule has 0 aliphatic heterocycles. The highest BCUT2D eigenvalue weighted by Crippen LogP contribution is 2.07. The van der Waals surface area contributed by atoms with Crippen molar-refractivity contribution < 1.29 is 19.8 Å². The number of hydrogen-bond donors (Lipinski definition) is 2. The summed E-state index contributed by atoms with van der Waals surface area (Å²) in [4.78, 5) is 23.2. The standard InChI is InChI=1S/C10H19NO4/c1-3-5-11(6-4-2)8(10(14)15)7-9(12)13/h8H,3-7H2,1-2H3,(H,12,13)(H,14,15). The second kappa shape index (κ2) is 7.23. The fraction of sp³-hybridized carbons (Fsp3) is 0.800. The van der Waals surface area contributed by atoms with Gasteiger partial charge in [0.1, 0.15) is 6.04 Å². The third-order valence-corrected chi connectivity index (χ3v) is 2.12. The summed E-state index contributed by atoms with van der Waals surface area (Å²) < 4.78 is 0. The quantitative estimate of drug-likeness (QED) is 0.635. The van der Waals surface area contributed by atoms with Crippen molar-refractivity contribution in [2.75, 3.05) is 13.1 Å². The van der Waals surface area contributed by atoms with E-state index in [0.29, 0.717) is 13.1 Å². The van der Waals surface area contributed by atoms with Gasteiger partial charge in [-0.15, -0.1) is 0 Å². The van der Waals surface area contributed by atoms with E-state index in [1.54, 1.807) is 4.90 Å². The second-order valence-electron chi connectivity index (χ2n) is 3.49. The largest absolute Gasteiger partial charge is 0.481 e. The van der Waals surface area contributed by atoms with Gasteiger partial charge in [0.05, 0.1) is 6.42 Å². The van der Waals surface area contributed by atoms with Gasteiger partial charge in [-0.05, 0) is 25.9 Å². The lowest BCUT2D eigenvalue weighted by atomic mass is 10.1. The van der Waals surface area contributed by atoms with E-state index in [-0.39, 0.29) is 6.42 Å². The van der Waals surface area contributed by atoms with Crippen molar-refractivity contribution >= 4 is 11.9 Å². The average Bonchev–Trinajstić information content (AvgIpc) is 2.13. The Morgan fingerprint density at radius 2 is 1.60 bits per heavy atom. The number of carboxylic acids is 2. The average molecular weight is 217 g/mol. The van der Waals surface area contributed by atoms with E-state index in [1.807, 2.05) is 13.8 Å². The molecule has 0 heterocycles. The summed E-state index contributed by atoms with van der Waals surface area (Å²) in [5, 5.41) is 17.6. The predicted molar refractivity (Wildman–Crippen MR) is 55.8 cm³/mol. The van der Waals surface area contributed by atoms with Crippen molar-refractivity contribution in [1.82, 2.24) is 4.90 Å². The van der Waals surface area contributed by atoms with Gasteiger partial charge >= 0.3 is 11.9 Å². The number of carbonyl (C=O) groups is 2. The lowest BCUT2D eigenvalue weighted by Gasteiger charge is -2.26. The normalized spacial score (nSPS) is 12.7. The number of rotatable bonds is 8. The van der Waals surface area contributed by atoms with Gasteiger partial charge < -0.3 is 10.2 Å². The Bertz CT molecular complexity index is 211. The van der Waals surface area contributed by atoms with Crippen LogP contribution in [0.2, 0.25) is 0 Å². The van der Waals surface area contributed by atoms with Crippen LogP contribution in [-0.2, 0) is 9.59 Å². The maximum atomic E-state index is 10.9. The molecule has 0 amide bonds. The molecule has 15 heavy (non-hydrogen) atoms. The smallest absolute Gasteiger partial charge is 0.321 e. The summed E-state index contributed by atoms with van der Waals surface area (Å²) >= 11 is 0. The maximum Gasteiger partial charge on any atom is 0.321 e. The first-order chi connectivity index (χ1) is 7.02. The van der Waals surface area contributed by atoms with Crippen LogP contribution in [0.4, 0.5) is 0 Å². The molecule has 5 heteroatoms. The van der Waals surface area contributed by atoms with Crippen molar-refractivity contribution in [3.05, 3.63) is 0 Å². The van der Waals surface area contributed by atoms with E-state index >= 15 is 0 Å². The highest BCUT2D eigenvalue weighted by molar-refractivity contribution is 5.80. The van der Waals surface area contributed by atoms with Gasteiger partial charge in [-0.2, -0.15) is 0 Å². The van der Waals surface area contributed by atoms with Crippen LogP contribution in [0.1, 0.15) is 33.1 Å². The molecule has 0 aromatic heterocycles. The summed E-state index contributed by atoms with van der Waals surface area (Å²) in [6.07, 6.45) is 1.31. The molecule has 0 saturated heterocycles. The molecule has 88 valence electrons. The molecule has 0 saturated carbocycles. The molecule has 0 bridgehead atoms. The van der Waals surface area contributed by atoms with E-state index in [2.05, 4.69) is 0 Å². The van der Waals surface area contributed by atoms with Gasteiger partial charge in [-0.25, -0.2) is 0 Å². The summed E-state index contributed by atoms with van der Waals surface area (Å²) in [5.41, 5.74) is 0. The van der Waals surface area contributed by atoms with Gasteiger partial charge in [0.2, 0.25) is 0 Å². The van der Waals surface area contributed by atoms with Crippen LogP contribution in [-0.4, -0.2) is 46.2 Å². The monoisotopic (exact) mass is 217 g/mol. The molecular weight excluding hydrogens is 198 g/mol. The molecule has 0 rings (SSSR count). The second-order valence-corrected chi connectivity index (χ2v) is 3.49. The first kappa shape index (κ1) is 13.9. The molecule has 1 unspecified atom stereocenters. The molecule has 0 radical (unpaired) electrons. The number of nitrogens with zero attached hydrogens (tertiary/aromatic N) is 1. The Balaban J connectivity index is 4.50. The minimum absolute atomic E-state index is 0.338. The van der Waals surface area contributed by atoms with Crippen LogP contribution in [0.25, 0.3) is 0 Å². The highest BCUT2D eigenvalue weighted by Gasteiger charge is 2.26. The summed E-state index contributed by atoms with van der Waals surface area (Å²) in [6.45, 7) is 5.14. The number of aliphatic carboxylic acids is 2. The minimum Gasteiger partial charge on any atom is -0.481 e. The van der Waals surface area contributed by atoms with Gasteiger partial charge in [-0.3, -0.25) is 14.5 Å². The van der Waals surface area contributed by atoms with Crippen LogP contribution in [0, 0.1) is 0 Å².